The maximum absolute atomic E-state index is 4.88. The fraction of sp³-hybridized carbons (Fsp3) is 0. The third-order valence-electron chi connectivity index (χ3n) is 7.96. The Bertz CT molecular complexity index is 1870. The molecule has 0 spiro atoms. The maximum Gasteiger partial charge on any atom is 0.0652 e. The predicted molar refractivity (Wildman–Crippen MR) is 206 cm³/mol. The topological polar surface area (TPSA) is 34.4 Å². The van der Waals surface area contributed by atoms with Gasteiger partial charge in [-0.3, -0.25) is 0 Å². The van der Waals surface area contributed by atoms with Crippen LogP contribution in [0.2, 0.25) is 0 Å². The zero-order valence-electron chi connectivity index (χ0n) is 26.9. The van der Waals surface area contributed by atoms with Gasteiger partial charge in [-0.05, 0) is 96.1 Å². The fourth-order valence-corrected chi connectivity index (χ4v) is 5.53. The molecule has 0 unspecified atom stereocenters. The molecule has 7 aromatic carbocycles. The summed E-state index contributed by atoms with van der Waals surface area (Å²) in [5.41, 5.74) is 9.17. The summed E-state index contributed by atoms with van der Waals surface area (Å²) < 4.78 is 0. The second kappa shape index (κ2) is 15.2. The van der Waals surface area contributed by atoms with Crippen molar-refractivity contribution in [2.45, 2.75) is 0 Å². The summed E-state index contributed by atoms with van der Waals surface area (Å²) in [4.78, 5) is 2.25. The van der Waals surface area contributed by atoms with E-state index >= 15 is 0 Å². The van der Waals surface area contributed by atoms with E-state index in [-0.39, 0.29) is 0 Å². The molecule has 0 saturated carbocycles. The smallest absolute Gasteiger partial charge is 0.0652 e. The molecule has 0 atom stereocenters. The lowest BCUT2D eigenvalue weighted by molar-refractivity contribution is 1.09. The largest absolute Gasteiger partial charge is 0.311 e. The minimum Gasteiger partial charge on any atom is -0.311 e. The number of hydrogen-bond acceptors (Lipinski definition) is 5. The van der Waals surface area contributed by atoms with E-state index in [4.69, 9.17) is 10.2 Å². The Hall–Kier alpha value is -6.72. The van der Waals surface area contributed by atoms with Crippen LogP contribution in [-0.4, -0.2) is 12.4 Å². The van der Waals surface area contributed by atoms with Crippen molar-refractivity contribution in [2.24, 2.45) is 10.2 Å². The molecule has 0 bridgehead atoms. The first kappa shape index (κ1) is 30.9. The number of benzene rings is 7. The van der Waals surface area contributed by atoms with Crippen LogP contribution >= 0.6 is 0 Å². The van der Waals surface area contributed by atoms with Gasteiger partial charge in [0, 0.05) is 17.1 Å². The van der Waals surface area contributed by atoms with E-state index in [9.17, 15) is 0 Å². The summed E-state index contributed by atoms with van der Waals surface area (Å²) in [5.74, 6) is 0. The Kier molecular flexibility index (Phi) is 9.62. The molecule has 0 N–H and O–H groups in total. The molecule has 0 heterocycles. The second-order valence-corrected chi connectivity index (χ2v) is 11.3. The Morgan fingerprint density at radius 3 is 0.796 bits per heavy atom. The van der Waals surface area contributed by atoms with Crippen LogP contribution in [0, 0.1) is 0 Å². The van der Waals surface area contributed by atoms with Gasteiger partial charge in [0.05, 0.1) is 35.2 Å². The fourth-order valence-electron chi connectivity index (χ4n) is 5.53. The molecule has 7 rings (SSSR count). The minimum absolute atomic E-state index is 0.998. The van der Waals surface area contributed by atoms with Gasteiger partial charge in [-0.2, -0.15) is 10.2 Å². The highest BCUT2D eigenvalue weighted by Gasteiger charge is 2.13. The van der Waals surface area contributed by atoms with Gasteiger partial charge < -0.3 is 4.90 Å². The van der Waals surface area contributed by atoms with E-state index < -0.39 is 0 Å². The second-order valence-electron chi connectivity index (χ2n) is 11.3. The first-order valence-corrected chi connectivity index (χ1v) is 16.3. The average molecular weight is 634 g/mol. The summed E-state index contributed by atoms with van der Waals surface area (Å²) in [7, 11) is 0. The molecule has 5 heteroatoms. The van der Waals surface area contributed by atoms with Crippen LogP contribution in [0.25, 0.3) is 0 Å². The van der Waals surface area contributed by atoms with Crippen LogP contribution in [0.1, 0.15) is 11.1 Å². The molecule has 0 amide bonds. The zero-order valence-corrected chi connectivity index (χ0v) is 26.9. The molecule has 49 heavy (non-hydrogen) atoms. The average Bonchev–Trinajstić information content (AvgIpc) is 3.18. The normalized spacial score (nSPS) is 11.1. The van der Waals surface area contributed by atoms with Crippen LogP contribution in [0.15, 0.2) is 210 Å². The number of nitrogens with zero attached hydrogens (tertiary/aromatic N) is 5. The van der Waals surface area contributed by atoms with Gasteiger partial charge in [0.1, 0.15) is 0 Å². The Labute approximate surface area is 288 Å². The molecule has 0 saturated heterocycles. The Balaban J connectivity index is 1.14. The highest BCUT2D eigenvalue weighted by Crippen LogP contribution is 2.35. The number of hydrogen-bond donors (Lipinski definition) is 0. The van der Waals surface area contributed by atoms with E-state index in [0.717, 1.165) is 50.9 Å². The van der Waals surface area contributed by atoms with Crippen LogP contribution in [0.3, 0.4) is 0 Å². The molecule has 0 aromatic heterocycles. The van der Waals surface area contributed by atoms with Crippen molar-refractivity contribution < 1.29 is 0 Å². The quantitative estimate of drug-likeness (QED) is 0.105. The molecule has 0 aliphatic carbocycles. The molecule has 0 aliphatic rings. The Morgan fingerprint density at radius 1 is 0.265 bits per heavy atom. The van der Waals surface area contributed by atoms with Gasteiger partial charge in [0.15, 0.2) is 0 Å². The van der Waals surface area contributed by atoms with Crippen molar-refractivity contribution >= 4 is 52.2 Å². The SMILES string of the molecule is C(=NN(c1ccccc1)c1ccccc1)c1ccc(N(c2ccccc2)c2ccc(C=NN(c3ccccc3)c3ccccc3)cc2)cc1. The Morgan fingerprint density at radius 2 is 0.510 bits per heavy atom. The highest BCUT2D eigenvalue weighted by molar-refractivity contribution is 5.86. The van der Waals surface area contributed by atoms with Crippen LogP contribution in [0.5, 0.6) is 0 Å². The van der Waals surface area contributed by atoms with Crippen molar-refractivity contribution in [2.75, 3.05) is 14.9 Å². The van der Waals surface area contributed by atoms with Crippen LogP contribution in [-0.2, 0) is 0 Å². The molecule has 5 nitrogen and oxygen atoms in total. The third-order valence-corrected chi connectivity index (χ3v) is 7.96. The first-order valence-electron chi connectivity index (χ1n) is 16.3. The van der Waals surface area contributed by atoms with Crippen molar-refractivity contribution in [3.8, 4) is 0 Å². The highest BCUT2D eigenvalue weighted by atomic mass is 15.5. The van der Waals surface area contributed by atoms with Crippen molar-refractivity contribution in [1.82, 2.24) is 0 Å². The lowest BCUT2D eigenvalue weighted by atomic mass is 10.1. The number of rotatable bonds is 11. The monoisotopic (exact) mass is 633 g/mol. The van der Waals surface area contributed by atoms with Crippen molar-refractivity contribution in [3.63, 3.8) is 0 Å². The van der Waals surface area contributed by atoms with Gasteiger partial charge in [-0.15, -0.1) is 0 Å². The summed E-state index contributed by atoms with van der Waals surface area (Å²) in [6, 6.07) is 68.1. The van der Waals surface area contributed by atoms with Crippen LogP contribution < -0.4 is 14.9 Å². The summed E-state index contributed by atoms with van der Waals surface area (Å²) in [6.07, 6.45) is 3.80. The molecule has 7 aromatic rings. The third kappa shape index (κ3) is 7.64. The minimum atomic E-state index is 0.998. The molecule has 236 valence electrons. The molecular formula is C44H35N5. The molecule has 0 radical (unpaired) electrons. The van der Waals surface area contributed by atoms with E-state index in [1.54, 1.807) is 0 Å². The summed E-state index contributed by atoms with van der Waals surface area (Å²) in [6.45, 7) is 0. The molecule has 0 aliphatic heterocycles. The zero-order chi connectivity index (χ0) is 33.1. The molecule has 0 fully saturated rings. The number of anilines is 7. The summed E-state index contributed by atoms with van der Waals surface area (Å²) in [5, 5.41) is 13.7. The first-order chi connectivity index (χ1) is 24.3. The van der Waals surface area contributed by atoms with E-state index in [0.29, 0.717) is 0 Å². The van der Waals surface area contributed by atoms with E-state index in [1.807, 2.05) is 101 Å². The van der Waals surface area contributed by atoms with Crippen molar-refractivity contribution in [1.29, 1.82) is 0 Å². The number of para-hydroxylation sites is 5. The lowest BCUT2D eigenvalue weighted by Crippen LogP contribution is -2.11. The standard InChI is InChI=1S/C44H35N5/c1-6-16-38(17-7-1)47(39-30-26-36(27-31-39)34-45-48(41-18-8-2-9-19-41)42-20-10-3-11-21-42)40-32-28-37(29-33-40)35-46-49(43-22-12-4-13-23-43)44-24-14-5-15-25-44/h1-35H. The predicted octanol–water partition coefficient (Wildman–Crippen LogP) is 11.5. The van der Waals surface area contributed by atoms with Crippen molar-refractivity contribution in [3.05, 3.63) is 211 Å². The molecular weight excluding hydrogens is 599 g/mol. The number of hydrazone groups is 2. The lowest BCUT2D eigenvalue weighted by Gasteiger charge is -2.25. The van der Waals surface area contributed by atoms with Gasteiger partial charge >= 0.3 is 0 Å². The van der Waals surface area contributed by atoms with E-state index in [2.05, 4.69) is 126 Å². The van der Waals surface area contributed by atoms with Gasteiger partial charge in [-0.1, -0.05) is 115 Å². The van der Waals surface area contributed by atoms with Gasteiger partial charge in [0.2, 0.25) is 0 Å². The van der Waals surface area contributed by atoms with Gasteiger partial charge in [-0.25, -0.2) is 10.0 Å². The van der Waals surface area contributed by atoms with Gasteiger partial charge in [0.25, 0.3) is 0 Å². The van der Waals surface area contributed by atoms with E-state index in [1.165, 1.54) is 0 Å². The maximum atomic E-state index is 4.88. The van der Waals surface area contributed by atoms with Crippen LogP contribution in [0.4, 0.5) is 39.8 Å². The summed E-state index contributed by atoms with van der Waals surface area (Å²) >= 11 is 0.